The molecular weight excluding hydrogens is 561 g/mol. The highest BCUT2D eigenvalue weighted by atomic mass is 35.5. The van der Waals surface area contributed by atoms with Gasteiger partial charge in [0, 0.05) is 36.9 Å². The van der Waals surface area contributed by atoms with Crippen molar-refractivity contribution in [2.75, 3.05) is 25.0 Å². The Balaban J connectivity index is 1.26. The normalized spacial score (nSPS) is 20.9. The van der Waals surface area contributed by atoms with Crippen molar-refractivity contribution in [1.82, 2.24) is 19.4 Å². The molecule has 0 bridgehead atoms. The van der Waals surface area contributed by atoms with Crippen molar-refractivity contribution in [3.8, 4) is 11.4 Å². The lowest BCUT2D eigenvalue weighted by Gasteiger charge is -2.35. The van der Waals surface area contributed by atoms with Crippen molar-refractivity contribution >= 4 is 35.0 Å². The van der Waals surface area contributed by atoms with Gasteiger partial charge in [0.2, 0.25) is 11.8 Å². The van der Waals surface area contributed by atoms with E-state index in [0.717, 1.165) is 17.2 Å². The summed E-state index contributed by atoms with van der Waals surface area (Å²) < 4.78 is 16.2. The molecule has 2 atom stereocenters. The largest absolute Gasteiger partial charge is 0.508 e. The molecule has 4 aromatic rings. The van der Waals surface area contributed by atoms with Gasteiger partial charge >= 0.3 is 0 Å². The van der Waals surface area contributed by atoms with Crippen LogP contribution >= 0.6 is 11.6 Å². The number of hydrogen-bond donors (Lipinski definition) is 2. The van der Waals surface area contributed by atoms with Crippen LogP contribution in [0, 0.1) is 11.7 Å². The van der Waals surface area contributed by atoms with Gasteiger partial charge in [-0.05, 0) is 59.5 Å². The molecule has 11 heteroatoms. The van der Waals surface area contributed by atoms with Crippen LogP contribution in [0.3, 0.4) is 0 Å². The Kier molecular flexibility index (Phi) is 6.05. The van der Waals surface area contributed by atoms with Crippen molar-refractivity contribution in [1.29, 1.82) is 0 Å². The molecule has 212 valence electrons. The molecule has 3 aromatic carbocycles. The number of aromatic hydroxyl groups is 1. The maximum atomic E-state index is 14.8. The number of amides is 3. The minimum absolute atomic E-state index is 0.00731. The molecule has 3 aliphatic heterocycles. The second-order valence-corrected chi connectivity index (χ2v) is 11.4. The Morgan fingerprint density at radius 2 is 1.90 bits per heavy atom. The number of carbonyl (C=O) groups excluding carboxylic acids is 3. The van der Waals surface area contributed by atoms with E-state index in [-0.39, 0.29) is 47.1 Å². The number of fused-ring (bicyclic) bond motifs is 3. The Morgan fingerprint density at radius 1 is 1.07 bits per heavy atom. The van der Waals surface area contributed by atoms with Crippen molar-refractivity contribution in [3.05, 3.63) is 106 Å². The standard InChI is InChI=1S/C31H25ClFN5O4/c32-20-6-8-26(24(33)12-20)38-17-34-13-27(38)29(41)37-15-23(31(16-37)22-3-1-2-4-25(22)35-30(31)42)28(40)36-10-9-18-11-21(39)7-5-19(18)14-36/h1-8,11-13,17,23,39H,9-10,14-16H2,(H,35,42). The summed E-state index contributed by atoms with van der Waals surface area (Å²) in [6, 6.07) is 16.5. The average molecular weight is 586 g/mol. The van der Waals surface area contributed by atoms with Gasteiger partial charge in [0.15, 0.2) is 0 Å². The Bertz CT molecular complexity index is 1790. The highest BCUT2D eigenvalue weighted by Gasteiger charge is 2.61. The van der Waals surface area contributed by atoms with Gasteiger partial charge in [0.1, 0.15) is 22.7 Å². The van der Waals surface area contributed by atoms with Gasteiger partial charge in [0.05, 0.1) is 24.1 Å². The third-order valence-electron chi connectivity index (χ3n) is 8.63. The second kappa shape index (κ2) is 9.70. The number of carbonyl (C=O) groups is 3. The fourth-order valence-electron chi connectivity index (χ4n) is 6.57. The number of phenols is 1. The SMILES string of the molecule is O=C(c1cncn1-c1ccc(Cl)cc1F)N1CC(C(=O)N2CCc3cc(O)ccc3C2)C2(C1)C(=O)Nc1ccccc12. The van der Waals surface area contributed by atoms with E-state index in [2.05, 4.69) is 10.3 Å². The van der Waals surface area contributed by atoms with Gasteiger partial charge in [-0.15, -0.1) is 0 Å². The molecule has 3 amide bonds. The predicted molar refractivity (Wildman–Crippen MR) is 152 cm³/mol. The molecule has 2 N–H and O–H groups in total. The lowest BCUT2D eigenvalue weighted by atomic mass is 9.72. The lowest BCUT2D eigenvalue weighted by Crippen LogP contribution is -2.50. The van der Waals surface area contributed by atoms with Crippen molar-refractivity contribution < 1.29 is 23.9 Å². The topological polar surface area (TPSA) is 108 Å². The molecule has 2 unspecified atom stereocenters. The number of benzene rings is 3. The van der Waals surface area contributed by atoms with Crippen LogP contribution in [-0.2, 0) is 28.0 Å². The van der Waals surface area contributed by atoms with Crippen LogP contribution in [0.5, 0.6) is 5.75 Å². The predicted octanol–water partition coefficient (Wildman–Crippen LogP) is 3.92. The van der Waals surface area contributed by atoms with Crippen LogP contribution in [-0.4, -0.2) is 61.8 Å². The molecule has 42 heavy (non-hydrogen) atoms. The molecule has 1 aromatic heterocycles. The average Bonchev–Trinajstić information content (AvgIpc) is 3.69. The van der Waals surface area contributed by atoms with Crippen LogP contribution in [0.25, 0.3) is 5.69 Å². The minimum atomic E-state index is -1.30. The van der Waals surface area contributed by atoms with Crippen LogP contribution in [0.2, 0.25) is 5.02 Å². The number of nitrogens with one attached hydrogen (secondary N) is 1. The molecular formula is C31H25ClFN5O4. The first-order valence-electron chi connectivity index (χ1n) is 13.5. The number of halogens is 2. The lowest BCUT2D eigenvalue weighted by molar-refractivity contribution is -0.140. The number of aromatic nitrogens is 2. The maximum absolute atomic E-state index is 14.8. The fourth-order valence-corrected chi connectivity index (χ4v) is 6.73. The summed E-state index contributed by atoms with van der Waals surface area (Å²) in [5.74, 6) is -2.34. The smallest absolute Gasteiger partial charge is 0.272 e. The van der Waals surface area contributed by atoms with E-state index in [0.29, 0.717) is 30.8 Å². The first-order chi connectivity index (χ1) is 20.3. The monoisotopic (exact) mass is 585 g/mol. The molecule has 4 heterocycles. The van der Waals surface area contributed by atoms with Gasteiger partial charge in [-0.25, -0.2) is 9.37 Å². The van der Waals surface area contributed by atoms with Crippen molar-refractivity contribution in [2.45, 2.75) is 18.4 Å². The molecule has 1 spiro atoms. The molecule has 0 aliphatic carbocycles. The van der Waals surface area contributed by atoms with Crippen molar-refractivity contribution in [2.24, 2.45) is 5.92 Å². The number of imidazole rings is 1. The molecule has 9 nitrogen and oxygen atoms in total. The van der Waals surface area contributed by atoms with Crippen LogP contribution in [0.1, 0.15) is 27.2 Å². The van der Waals surface area contributed by atoms with E-state index in [1.165, 1.54) is 34.1 Å². The summed E-state index contributed by atoms with van der Waals surface area (Å²) in [7, 11) is 0. The van der Waals surface area contributed by atoms with E-state index in [9.17, 15) is 23.9 Å². The minimum Gasteiger partial charge on any atom is -0.508 e. The first-order valence-corrected chi connectivity index (χ1v) is 13.9. The summed E-state index contributed by atoms with van der Waals surface area (Å²) in [5.41, 5.74) is 2.09. The summed E-state index contributed by atoms with van der Waals surface area (Å²) in [4.78, 5) is 49.4. The molecule has 1 saturated heterocycles. The molecule has 3 aliphatic rings. The van der Waals surface area contributed by atoms with Crippen molar-refractivity contribution in [3.63, 3.8) is 0 Å². The van der Waals surface area contributed by atoms with Gasteiger partial charge in [0.25, 0.3) is 5.91 Å². The Morgan fingerprint density at radius 3 is 2.74 bits per heavy atom. The second-order valence-electron chi connectivity index (χ2n) is 10.9. The van der Waals surface area contributed by atoms with E-state index >= 15 is 0 Å². The Labute approximate surface area is 245 Å². The summed E-state index contributed by atoms with van der Waals surface area (Å²) in [6.45, 7) is 0.715. The summed E-state index contributed by atoms with van der Waals surface area (Å²) in [6.07, 6.45) is 3.25. The number of nitrogens with zero attached hydrogens (tertiary/aromatic N) is 4. The van der Waals surface area contributed by atoms with E-state index in [1.54, 1.807) is 29.2 Å². The highest BCUT2D eigenvalue weighted by Crippen LogP contribution is 2.48. The van der Waals surface area contributed by atoms with Gasteiger partial charge in [-0.1, -0.05) is 35.9 Å². The third kappa shape index (κ3) is 3.97. The molecule has 0 saturated carbocycles. The number of likely N-dealkylation sites (tertiary alicyclic amines) is 1. The number of hydrogen-bond acceptors (Lipinski definition) is 5. The van der Waals surface area contributed by atoms with Crippen LogP contribution in [0.4, 0.5) is 10.1 Å². The molecule has 7 rings (SSSR count). The number of para-hydroxylation sites is 1. The van der Waals surface area contributed by atoms with Gasteiger partial charge in [-0.3, -0.25) is 19.0 Å². The highest BCUT2D eigenvalue weighted by molar-refractivity contribution is 6.30. The Hall–Kier alpha value is -4.70. The van der Waals surface area contributed by atoms with E-state index in [4.69, 9.17) is 11.6 Å². The zero-order valence-electron chi connectivity index (χ0n) is 22.3. The first kappa shape index (κ1) is 26.2. The number of anilines is 1. The zero-order valence-corrected chi connectivity index (χ0v) is 23.0. The maximum Gasteiger partial charge on any atom is 0.272 e. The molecule has 1 fully saturated rings. The number of rotatable bonds is 3. The zero-order chi connectivity index (χ0) is 29.2. The third-order valence-corrected chi connectivity index (χ3v) is 8.86. The van der Waals surface area contributed by atoms with Gasteiger partial charge < -0.3 is 20.2 Å². The summed E-state index contributed by atoms with van der Waals surface area (Å²) in [5, 5.41) is 13.0. The van der Waals surface area contributed by atoms with Crippen LogP contribution in [0.15, 0.2) is 73.2 Å². The fraction of sp³-hybridized carbons (Fsp3) is 0.226. The van der Waals surface area contributed by atoms with E-state index < -0.39 is 23.1 Å². The quantitative estimate of drug-likeness (QED) is 0.379. The number of phenolic OH excluding ortho intramolecular Hbond substituents is 1. The molecule has 0 radical (unpaired) electrons. The summed E-state index contributed by atoms with van der Waals surface area (Å²) >= 11 is 5.93. The van der Waals surface area contributed by atoms with Crippen LogP contribution < -0.4 is 5.32 Å². The van der Waals surface area contributed by atoms with Gasteiger partial charge in [-0.2, -0.15) is 0 Å². The van der Waals surface area contributed by atoms with E-state index in [1.807, 2.05) is 18.2 Å².